The predicted molar refractivity (Wildman–Crippen MR) is 138 cm³/mol. The Morgan fingerprint density at radius 2 is 1.77 bits per heavy atom. The van der Waals surface area contributed by atoms with Gasteiger partial charge in [0.1, 0.15) is 17.3 Å². The molecule has 1 aliphatic rings. The Bertz CT molecular complexity index is 1380. The zero-order valence-corrected chi connectivity index (χ0v) is 19.2. The summed E-state index contributed by atoms with van der Waals surface area (Å²) in [5.74, 6) is 0.518. The molecule has 0 amide bonds. The number of aliphatic imine (C=N–C) groups is 1. The van der Waals surface area contributed by atoms with Crippen molar-refractivity contribution in [2.75, 3.05) is 12.1 Å². The van der Waals surface area contributed by atoms with E-state index in [0.717, 1.165) is 28.2 Å². The number of phenols is 1. The van der Waals surface area contributed by atoms with Crippen LogP contribution in [0, 0.1) is 5.82 Å². The predicted octanol–water partition coefficient (Wildman–Crippen LogP) is 6.65. The SMILES string of the molecule is COc1ccc(O)c(C=Nc2cccc(C3=NN(c4ccccc4)C(c4ccc(F)cc4)C3)c2)c1. The van der Waals surface area contributed by atoms with Gasteiger partial charge in [-0.2, -0.15) is 5.10 Å². The molecule has 0 radical (unpaired) electrons. The van der Waals surface area contributed by atoms with Crippen LogP contribution in [-0.4, -0.2) is 24.1 Å². The lowest BCUT2D eigenvalue weighted by molar-refractivity contribution is 0.412. The summed E-state index contributed by atoms with van der Waals surface area (Å²) in [7, 11) is 1.58. The van der Waals surface area contributed by atoms with Crippen LogP contribution in [0.25, 0.3) is 0 Å². The highest BCUT2D eigenvalue weighted by Gasteiger charge is 2.30. The smallest absolute Gasteiger partial charge is 0.124 e. The largest absolute Gasteiger partial charge is 0.507 e. The van der Waals surface area contributed by atoms with Crippen molar-refractivity contribution in [3.8, 4) is 11.5 Å². The van der Waals surface area contributed by atoms with Crippen LogP contribution < -0.4 is 9.75 Å². The average molecular weight is 466 g/mol. The molecule has 0 saturated carbocycles. The summed E-state index contributed by atoms with van der Waals surface area (Å²) in [6, 6.07) is 29.4. The van der Waals surface area contributed by atoms with E-state index in [1.54, 1.807) is 31.5 Å². The fraction of sp³-hybridized carbons (Fsp3) is 0.103. The van der Waals surface area contributed by atoms with Gasteiger partial charge >= 0.3 is 0 Å². The summed E-state index contributed by atoms with van der Waals surface area (Å²) in [5.41, 5.74) is 5.16. The van der Waals surface area contributed by atoms with Crippen molar-refractivity contribution in [1.29, 1.82) is 0 Å². The number of nitrogens with zero attached hydrogens (tertiary/aromatic N) is 3. The maximum absolute atomic E-state index is 13.6. The Balaban J connectivity index is 1.45. The number of methoxy groups -OCH3 is 1. The highest BCUT2D eigenvalue weighted by Crippen LogP contribution is 2.37. The molecular weight excluding hydrogens is 441 g/mol. The van der Waals surface area contributed by atoms with Gasteiger partial charge in [-0.3, -0.25) is 10.0 Å². The Labute approximate surface area is 203 Å². The molecule has 1 heterocycles. The number of para-hydroxylation sites is 1. The molecule has 0 fully saturated rings. The molecular formula is C29H24FN3O2. The van der Waals surface area contributed by atoms with Crippen molar-refractivity contribution in [3.63, 3.8) is 0 Å². The molecule has 35 heavy (non-hydrogen) atoms. The number of benzene rings is 4. The monoisotopic (exact) mass is 465 g/mol. The Kier molecular flexibility index (Phi) is 6.26. The van der Waals surface area contributed by atoms with Gasteiger partial charge in [0.15, 0.2) is 0 Å². The van der Waals surface area contributed by atoms with Crippen molar-refractivity contribution in [3.05, 3.63) is 120 Å². The minimum absolute atomic E-state index is 0.0473. The molecule has 6 heteroatoms. The number of rotatable bonds is 6. The normalized spacial score (nSPS) is 15.4. The molecule has 0 aliphatic carbocycles. The maximum Gasteiger partial charge on any atom is 0.124 e. The summed E-state index contributed by atoms with van der Waals surface area (Å²) in [6.45, 7) is 0. The third-order valence-corrected chi connectivity index (χ3v) is 5.95. The quantitative estimate of drug-likeness (QED) is 0.325. The summed E-state index contributed by atoms with van der Waals surface area (Å²) >= 11 is 0. The van der Waals surface area contributed by atoms with Crippen LogP contribution in [0.1, 0.15) is 29.2 Å². The molecule has 1 atom stereocenters. The summed E-state index contributed by atoms with van der Waals surface area (Å²) in [5, 5.41) is 17.1. The molecule has 0 spiro atoms. The van der Waals surface area contributed by atoms with Crippen LogP contribution in [-0.2, 0) is 0 Å². The van der Waals surface area contributed by atoms with E-state index in [9.17, 15) is 9.50 Å². The van der Waals surface area contributed by atoms with Crippen molar-refractivity contribution in [1.82, 2.24) is 0 Å². The first kappa shape index (κ1) is 22.3. The summed E-state index contributed by atoms with van der Waals surface area (Å²) in [6.07, 6.45) is 2.29. The average Bonchev–Trinajstić information content (AvgIpc) is 3.35. The minimum atomic E-state index is -0.258. The number of anilines is 1. The van der Waals surface area contributed by atoms with E-state index >= 15 is 0 Å². The Morgan fingerprint density at radius 3 is 2.54 bits per heavy atom. The molecule has 5 nitrogen and oxygen atoms in total. The van der Waals surface area contributed by atoms with E-state index in [1.165, 1.54) is 12.1 Å². The second kappa shape index (κ2) is 9.81. The van der Waals surface area contributed by atoms with Gasteiger partial charge in [-0.25, -0.2) is 4.39 Å². The van der Waals surface area contributed by atoms with E-state index in [4.69, 9.17) is 9.84 Å². The summed E-state index contributed by atoms with van der Waals surface area (Å²) in [4.78, 5) is 4.56. The number of hydrogen-bond acceptors (Lipinski definition) is 5. The van der Waals surface area contributed by atoms with Gasteiger partial charge in [-0.1, -0.05) is 42.5 Å². The van der Waals surface area contributed by atoms with E-state index in [2.05, 4.69) is 4.99 Å². The topological polar surface area (TPSA) is 57.4 Å². The van der Waals surface area contributed by atoms with Crippen molar-refractivity contribution < 1.29 is 14.2 Å². The first-order valence-corrected chi connectivity index (χ1v) is 11.3. The van der Waals surface area contributed by atoms with Crippen molar-refractivity contribution in [2.24, 2.45) is 10.1 Å². The van der Waals surface area contributed by atoms with Crippen LogP contribution in [0.2, 0.25) is 0 Å². The lowest BCUT2D eigenvalue weighted by Crippen LogP contribution is -2.18. The van der Waals surface area contributed by atoms with Crippen LogP contribution in [0.3, 0.4) is 0 Å². The molecule has 4 aromatic carbocycles. The standard InChI is InChI=1S/C29H24FN3O2/c1-35-26-14-15-29(34)22(17-26)19-31-24-7-5-6-21(16-24)27-18-28(20-10-12-23(30)13-11-20)33(32-27)25-8-3-2-4-9-25/h2-17,19,28,34H,18H2,1H3. The van der Waals surface area contributed by atoms with Crippen LogP contribution in [0.4, 0.5) is 15.8 Å². The van der Waals surface area contributed by atoms with Gasteiger partial charge < -0.3 is 9.84 Å². The van der Waals surface area contributed by atoms with E-state index in [0.29, 0.717) is 17.7 Å². The van der Waals surface area contributed by atoms with Gasteiger partial charge in [0.05, 0.1) is 30.2 Å². The van der Waals surface area contributed by atoms with E-state index in [-0.39, 0.29) is 17.6 Å². The van der Waals surface area contributed by atoms with Gasteiger partial charge in [-0.05, 0) is 65.7 Å². The van der Waals surface area contributed by atoms with Crippen LogP contribution in [0.15, 0.2) is 107 Å². The third-order valence-electron chi connectivity index (χ3n) is 5.95. The molecule has 1 N–H and O–H groups in total. The van der Waals surface area contributed by atoms with Gasteiger partial charge in [0, 0.05) is 18.2 Å². The second-order valence-corrected chi connectivity index (χ2v) is 8.23. The lowest BCUT2D eigenvalue weighted by Gasteiger charge is -2.23. The number of hydrogen-bond donors (Lipinski definition) is 1. The fourth-order valence-electron chi connectivity index (χ4n) is 4.12. The van der Waals surface area contributed by atoms with Gasteiger partial charge in [0.25, 0.3) is 0 Å². The zero-order chi connectivity index (χ0) is 24.2. The van der Waals surface area contributed by atoms with Crippen LogP contribution >= 0.6 is 0 Å². The minimum Gasteiger partial charge on any atom is -0.507 e. The van der Waals surface area contributed by atoms with Crippen molar-refractivity contribution in [2.45, 2.75) is 12.5 Å². The Hall–Kier alpha value is -4.45. The van der Waals surface area contributed by atoms with E-state index in [1.807, 2.05) is 71.7 Å². The van der Waals surface area contributed by atoms with Gasteiger partial charge in [0.2, 0.25) is 0 Å². The Morgan fingerprint density at radius 1 is 0.971 bits per heavy atom. The fourth-order valence-corrected chi connectivity index (χ4v) is 4.12. The maximum atomic E-state index is 13.6. The number of phenolic OH excluding ortho intramolecular Hbond substituents is 1. The number of ether oxygens (including phenoxy) is 1. The molecule has 5 rings (SSSR count). The number of aromatic hydroxyl groups is 1. The molecule has 4 aromatic rings. The molecule has 0 aromatic heterocycles. The van der Waals surface area contributed by atoms with E-state index < -0.39 is 0 Å². The van der Waals surface area contributed by atoms with Gasteiger partial charge in [-0.15, -0.1) is 0 Å². The lowest BCUT2D eigenvalue weighted by atomic mass is 9.98. The van der Waals surface area contributed by atoms with Crippen LogP contribution in [0.5, 0.6) is 11.5 Å². The molecule has 1 aliphatic heterocycles. The molecule has 0 bridgehead atoms. The van der Waals surface area contributed by atoms with Crippen molar-refractivity contribution >= 4 is 23.3 Å². The molecule has 0 saturated heterocycles. The molecule has 1 unspecified atom stereocenters. The molecule has 174 valence electrons. The number of halogens is 1. The first-order chi connectivity index (χ1) is 17.1. The third kappa shape index (κ3) is 4.92. The highest BCUT2D eigenvalue weighted by molar-refractivity contribution is 6.04. The highest BCUT2D eigenvalue weighted by atomic mass is 19.1. The first-order valence-electron chi connectivity index (χ1n) is 11.3. The zero-order valence-electron chi connectivity index (χ0n) is 19.2. The number of hydrazone groups is 1. The summed E-state index contributed by atoms with van der Waals surface area (Å²) < 4.78 is 18.8. The second-order valence-electron chi connectivity index (χ2n) is 8.23.